The minimum Gasteiger partial charge on any atom is -0.449 e. The molecule has 0 bridgehead atoms. The number of benzene rings is 2. The first-order valence-electron chi connectivity index (χ1n) is 16.2. The van der Waals surface area contributed by atoms with E-state index in [2.05, 4.69) is 29.6 Å². The van der Waals surface area contributed by atoms with E-state index in [0.717, 1.165) is 0 Å². The number of fused-ring (bicyclic) bond motifs is 3. The zero-order chi connectivity index (χ0) is 33.8. The van der Waals surface area contributed by atoms with E-state index in [0.29, 0.717) is 77.7 Å². The smallest absolute Gasteiger partial charge is 0.407 e. The first kappa shape index (κ1) is 36.9. The average Bonchev–Trinajstić information content (AvgIpc) is 3.59. The molecule has 48 heavy (non-hydrogen) atoms. The highest BCUT2D eigenvalue weighted by molar-refractivity contribution is 6.01. The number of rotatable bonds is 24. The van der Waals surface area contributed by atoms with Gasteiger partial charge >= 0.3 is 12.1 Å². The van der Waals surface area contributed by atoms with Crippen molar-refractivity contribution in [3.05, 3.63) is 59.7 Å². The van der Waals surface area contributed by atoms with Gasteiger partial charge in [-0.2, -0.15) is 0 Å². The van der Waals surface area contributed by atoms with Crippen LogP contribution in [0.4, 0.5) is 4.79 Å². The van der Waals surface area contributed by atoms with Crippen LogP contribution in [0.3, 0.4) is 0 Å². The minimum atomic E-state index is -0.703. The van der Waals surface area contributed by atoms with Crippen LogP contribution in [0, 0.1) is 0 Å². The fourth-order valence-electron chi connectivity index (χ4n) is 5.04. The number of imide groups is 1. The highest BCUT2D eigenvalue weighted by Crippen LogP contribution is 2.44. The second-order valence-corrected chi connectivity index (χ2v) is 10.7. The van der Waals surface area contributed by atoms with Crippen LogP contribution < -0.4 is 5.32 Å². The zero-order valence-electron chi connectivity index (χ0n) is 27.1. The van der Waals surface area contributed by atoms with E-state index in [-0.39, 0.29) is 45.0 Å². The molecule has 0 saturated carbocycles. The van der Waals surface area contributed by atoms with E-state index in [9.17, 15) is 19.2 Å². The van der Waals surface area contributed by atoms with Crippen LogP contribution in [-0.4, -0.2) is 121 Å². The Kier molecular flexibility index (Phi) is 16.2. The number of alkyl carbamates (subject to hydrolysis) is 1. The van der Waals surface area contributed by atoms with Crippen molar-refractivity contribution in [2.24, 2.45) is 0 Å². The normalized spacial score (nSPS) is 13.9. The molecule has 14 heteroatoms. The molecule has 4 rings (SSSR count). The van der Waals surface area contributed by atoms with Gasteiger partial charge in [-0.1, -0.05) is 48.5 Å². The monoisotopic (exact) mass is 672 g/mol. The van der Waals surface area contributed by atoms with E-state index < -0.39 is 23.9 Å². The fraction of sp³-hybridized carbons (Fsp3) is 0.529. The first-order chi connectivity index (χ1) is 23.5. The molecular formula is C34H44N2O12. The van der Waals surface area contributed by atoms with Gasteiger partial charge in [0.25, 0.3) is 11.8 Å². The van der Waals surface area contributed by atoms with Crippen LogP contribution >= 0.6 is 0 Å². The van der Waals surface area contributed by atoms with Crippen molar-refractivity contribution < 1.29 is 57.2 Å². The maximum Gasteiger partial charge on any atom is 0.407 e. The molecule has 0 unspecified atom stereocenters. The van der Waals surface area contributed by atoms with Gasteiger partial charge in [-0.05, 0) is 22.3 Å². The molecule has 2 aliphatic rings. The van der Waals surface area contributed by atoms with Gasteiger partial charge < -0.3 is 43.3 Å². The lowest BCUT2D eigenvalue weighted by atomic mass is 9.98. The zero-order valence-corrected chi connectivity index (χ0v) is 27.1. The summed E-state index contributed by atoms with van der Waals surface area (Å²) in [6, 6.07) is 16.4. The van der Waals surface area contributed by atoms with Crippen molar-refractivity contribution >= 4 is 23.9 Å². The van der Waals surface area contributed by atoms with E-state index in [1.807, 2.05) is 24.3 Å². The average molecular weight is 673 g/mol. The third-order valence-corrected chi connectivity index (χ3v) is 7.37. The van der Waals surface area contributed by atoms with Gasteiger partial charge in [0.15, 0.2) is 0 Å². The van der Waals surface area contributed by atoms with Crippen LogP contribution in [0.2, 0.25) is 0 Å². The topological polar surface area (TPSA) is 157 Å². The highest BCUT2D eigenvalue weighted by atomic mass is 16.7. The van der Waals surface area contributed by atoms with Crippen molar-refractivity contribution in [2.45, 2.75) is 25.2 Å². The summed E-state index contributed by atoms with van der Waals surface area (Å²) in [5.41, 5.74) is 4.73. The molecule has 2 aromatic carbocycles. The lowest BCUT2D eigenvalue weighted by Crippen LogP contribution is -2.32. The number of nitrogens with one attached hydrogen (secondary N) is 1. The van der Waals surface area contributed by atoms with Crippen LogP contribution in [-0.2, 0) is 52.4 Å². The van der Waals surface area contributed by atoms with Crippen LogP contribution in [0.15, 0.2) is 48.5 Å². The van der Waals surface area contributed by atoms with Crippen LogP contribution in [0.5, 0.6) is 0 Å². The highest BCUT2D eigenvalue weighted by Gasteiger charge is 2.32. The van der Waals surface area contributed by atoms with Gasteiger partial charge in [-0.25, -0.2) is 9.59 Å². The quantitative estimate of drug-likeness (QED) is 0.129. The molecule has 1 fully saturated rings. The van der Waals surface area contributed by atoms with E-state index >= 15 is 0 Å². The SMILES string of the molecule is O=C(CCOCCOCCOCCOCCOCCOCCNC(=O)OCC1c2ccccc2-c2ccccc21)ON1C(=O)CCC1=O. The molecule has 1 aliphatic heterocycles. The minimum absolute atomic E-state index is 0.0247. The predicted molar refractivity (Wildman–Crippen MR) is 170 cm³/mol. The van der Waals surface area contributed by atoms with Crippen LogP contribution in [0.1, 0.15) is 36.3 Å². The fourth-order valence-corrected chi connectivity index (χ4v) is 5.04. The molecule has 1 aliphatic carbocycles. The number of carbonyl (C=O) groups excluding carboxylic acids is 4. The molecule has 1 heterocycles. The lowest BCUT2D eigenvalue weighted by Gasteiger charge is -2.14. The lowest BCUT2D eigenvalue weighted by molar-refractivity contribution is -0.198. The van der Waals surface area contributed by atoms with E-state index in [1.165, 1.54) is 22.3 Å². The van der Waals surface area contributed by atoms with Crippen molar-refractivity contribution in [2.75, 3.05) is 92.4 Å². The number of amides is 3. The van der Waals surface area contributed by atoms with Gasteiger partial charge in [-0.15, -0.1) is 5.06 Å². The Morgan fingerprint density at radius 1 is 0.625 bits per heavy atom. The van der Waals surface area contributed by atoms with Gasteiger partial charge in [0.1, 0.15) is 6.61 Å². The van der Waals surface area contributed by atoms with Gasteiger partial charge in [0.2, 0.25) is 0 Å². The number of nitrogens with zero attached hydrogens (tertiary/aromatic N) is 1. The van der Waals surface area contributed by atoms with Crippen LogP contribution in [0.25, 0.3) is 11.1 Å². The summed E-state index contributed by atoms with van der Waals surface area (Å²) in [5, 5.41) is 3.24. The standard InChI is InChI=1S/C34H44N2O12/c37-31-9-10-32(38)36(31)48-33(39)11-13-41-15-17-43-19-21-45-23-24-46-22-20-44-18-16-42-14-12-35-34(40)47-25-30-28-7-3-1-5-26(28)27-6-2-4-8-29(27)30/h1-8,30H,9-25H2,(H,35,40). The Bertz CT molecular complexity index is 1260. The molecule has 2 aromatic rings. The summed E-state index contributed by atoms with van der Waals surface area (Å²) in [7, 11) is 0. The summed E-state index contributed by atoms with van der Waals surface area (Å²) in [4.78, 5) is 51.4. The molecule has 3 amide bonds. The molecule has 262 valence electrons. The summed E-state index contributed by atoms with van der Waals surface area (Å²) in [5.74, 6) is -1.71. The molecule has 1 N–H and O–H groups in total. The number of carbonyl (C=O) groups is 4. The second-order valence-electron chi connectivity index (χ2n) is 10.7. The van der Waals surface area contributed by atoms with Gasteiger partial charge in [-0.3, -0.25) is 9.59 Å². The number of hydrogen-bond acceptors (Lipinski definition) is 12. The third-order valence-electron chi connectivity index (χ3n) is 7.37. The maximum atomic E-state index is 12.2. The third kappa shape index (κ3) is 12.3. The maximum absolute atomic E-state index is 12.2. The Labute approximate surface area is 279 Å². The molecule has 0 spiro atoms. The summed E-state index contributed by atoms with van der Waals surface area (Å²) >= 11 is 0. The molecular weight excluding hydrogens is 628 g/mol. The van der Waals surface area contributed by atoms with Gasteiger partial charge in [0.05, 0.1) is 85.7 Å². The van der Waals surface area contributed by atoms with Crippen molar-refractivity contribution in [1.82, 2.24) is 10.4 Å². The Balaban J connectivity index is 0.854. The van der Waals surface area contributed by atoms with Crippen molar-refractivity contribution in [1.29, 1.82) is 0 Å². The Hall–Kier alpha value is -3.92. The summed E-state index contributed by atoms with van der Waals surface area (Å²) < 4.78 is 38.0. The number of hydroxylamine groups is 2. The number of ether oxygens (including phenoxy) is 7. The second kappa shape index (κ2) is 21.1. The summed E-state index contributed by atoms with van der Waals surface area (Å²) in [6.07, 6.45) is -0.436. The molecule has 0 atom stereocenters. The predicted octanol–water partition coefficient (Wildman–Crippen LogP) is 2.62. The van der Waals surface area contributed by atoms with Crippen molar-refractivity contribution in [3.8, 4) is 11.1 Å². The molecule has 0 radical (unpaired) electrons. The molecule has 1 saturated heterocycles. The Morgan fingerprint density at radius 2 is 1.06 bits per heavy atom. The molecule has 0 aromatic heterocycles. The summed E-state index contributed by atoms with van der Waals surface area (Å²) in [6.45, 7) is 4.96. The first-order valence-corrected chi connectivity index (χ1v) is 16.2. The van der Waals surface area contributed by atoms with E-state index in [4.69, 9.17) is 38.0 Å². The van der Waals surface area contributed by atoms with E-state index in [1.54, 1.807) is 0 Å². The van der Waals surface area contributed by atoms with Gasteiger partial charge in [0, 0.05) is 25.3 Å². The van der Waals surface area contributed by atoms with Crippen molar-refractivity contribution in [3.63, 3.8) is 0 Å². The molecule has 14 nitrogen and oxygen atoms in total. The Morgan fingerprint density at radius 3 is 1.56 bits per heavy atom. The number of hydrogen-bond donors (Lipinski definition) is 1. The largest absolute Gasteiger partial charge is 0.449 e.